The van der Waals surface area contributed by atoms with E-state index in [2.05, 4.69) is 10.1 Å². The van der Waals surface area contributed by atoms with Crippen LogP contribution in [0.1, 0.15) is 43.9 Å². The second-order valence-electron chi connectivity index (χ2n) is 7.14. The van der Waals surface area contributed by atoms with E-state index in [9.17, 15) is 9.59 Å². The molecule has 0 saturated heterocycles. The summed E-state index contributed by atoms with van der Waals surface area (Å²) >= 11 is 0. The zero-order valence-electron chi connectivity index (χ0n) is 15.1. The molecule has 25 heavy (non-hydrogen) atoms. The second kappa shape index (κ2) is 7.04. The largest absolute Gasteiger partial charge is 0.481 e. The van der Waals surface area contributed by atoms with Crippen LogP contribution >= 0.6 is 0 Å². The summed E-state index contributed by atoms with van der Waals surface area (Å²) in [6.45, 7) is 7.59. The fourth-order valence-corrected chi connectivity index (χ4v) is 2.27. The van der Waals surface area contributed by atoms with E-state index >= 15 is 0 Å². The molecule has 0 fully saturated rings. The van der Waals surface area contributed by atoms with Crippen LogP contribution < -0.4 is 0 Å². The van der Waals surface area contributed by atoms with Crippen molar-refractivity contribution in [1.82, 2.24) is 15.0 Å². The van der Waals surface area contributed by atoms with Gasteiger partial charge in [0, 0.05) is 19.0 Å². The number of aliphatic carboxylic acids is 1. The Hall–Kier alpha value is -2.70. The van der Waals surface area contributed by atoms with Gasteiger partial charge in [-0.05, 0) is 12.1 Å². The van der Waals surface area contributed by atoms with Gasteiger partial charge >= 0.3 is 5.97 Å². The number of aromatic nitrogens is 2. The fraction of sp³-hybridized carbons (Fsp3) is 0.444. The van der Waals surface area contributed by atoms with Crippen molar-refractivity contribution in [1.29, 1.82) is 0 Å². The topological polar surface area (TPSA) is 96.5 Å². The molecule has 1 heterocycles. The first-order valence-electron chi connectivity index (χ1n) is 8.03. The number of carbonyl (C=O) groups is 2. The van der Waals surface area contributed by atoms with Crippen LogP contribution in [0.2, 0.25) is 0 Å². The van der Waals surface area contributed by atoms with E-state index in [-0.39, 0.29) is 23.8 Å². The Balaban J connectivity index is 2.33. The zero-order chi connectivity index (χ0) is 18.8. The Morgan fingerprint density at radius 3 is 2.48 bits per heavy atom. The lowest BCUT2D eigenvalue weighted by molar-refractivity contribution is -0.141. The number of benzene rings is 1. The first-order valence-corrected chi connectivity index (χ1v) is 8.03. The summed E-state index contributed by atoms with van der Waals surface area (Å²) in [7, 11) is 1.58. The van der Waals surface area contributed by atoms with Crippen molar-refractivity contribution in [3.05, 3.63) is 35.7 Å². The highest BCUT2D eigenvalue weighted by Gasteiger charge is 2.25. The number of hydrogen-bond acceptors (Lipinski definition) is 5. The Bertz CT molecular complexity index is 777. The first-order chi connectivity index (χ1) is 11.6. The molecule has 0 aliphatic carbocycles. The average molecular weight is 345 g/mol. The molecule has 2 aromatic rings. The number of carboxylic acids is 1. The predicted octanol–water partition coefficient (Wildman–Crippen LogP) is 2.83. The monoisotopic (exact) mass is 345 g/mol. The standard InChI is InChI=1S/C18H23N3O4/c1-11(16(23)24)10-21(5)15(22)13-9-7-6-8-12(13)14-19-17(20-25-14)18(2,3)4/h6-9,11H,10H2,1-5H3,(H,23,24). The lowest BCUT2D eigenvalue weighted by atomic mass is 9.96. The first kappa shape index (κ1) is 18.6. The summed E-state index contributed by atoms with van der Waals surface area (Å²) in [4.78, 5) is 29.5. The van der Waals surface area contributed by atoms with Crippen LogP contribution in [0, 0.1) is 5.92 Å². The minimum absolute atomic E-state index is 0.111. The van der Waals surface area contributed by atoms with Crippen LogP contribution in [0.25, 0.3) is 11.5 Å². The van der Waals surface area contributed by atoms with Crippen molar-refractivity contribution in [2.75, 3.05) is 13.6 Å². The quantitative estimate of drug-likeness (QED) is 0.895. The summed E-state index contributed by atoms with van der Waals surface area (Å²) in [6.07, 6.45) is 0. The predicted molar refractivity (Wildman–Crippen MR) is 92.2 cm³/mol. The summed E-state index contributed by atoms with van der Waals surface area (Å²) in [6, 6.07) is 6.93. The van der Waals surface area contributed by atoms with Crippen molar-refractivity contribution in [3.8, 4) is 11.5 Å². The van der Waals surface area contributed by atoms with E-state index in [4.69, 9.17) is 9.63 Å². The Morgan fingerprint density at radius 2 is 1.92 bits per heavy atom. The van der Waals surface area contributed by atoms with Gasteiger partial charge < -0.3 is 14.5 Å². The maximum absolute atomic E-state index is 12.7. The van der Waals surface area contributed by atoms with Gasteiger partial charge in [-0.1, -0.05) is 45.0 Å². The molecule has 7 nitrogen and oxygen atoms in total. The van der Waals surface area contributed by atoms with Crippen molar-refractivity contribution >= 4 is 11.9 Å². The molecule has 7 heteroatoms. The molecule has 0 saturated carbocycles. The van der Waals surface area contributed by atoms with Crippen LogP contribution in [0.3, 0.4) is 0 Å². The van der Waals surface area contributed by atoms with Gasteiger partial charge in [0.2, 0.25) is 0 Å². The molecule has 134 valence electrons. The van der Waals surface area contributed by atoms with Gasteiger partial charge in [0.25, 0.3) is 11.8 Å². The van der Waals surface area contributed by atoms with E-state index in [0.29, 0.717) is 17.0 Å². The summed E-state index contributed by atoms with van der Waals surface area (Å²) in [5.41, 5.74) is 0.658. The van der Waals surface area contributed by atoms with E-state index in [1.807, 2.05) is 20.8 Å². The normalized spacial score (nSPS) is 12.7. The Labute approximate surface area is 146 Å². The number of carboxylic acid groups (broad SMARTS) is 1. The highest BCUT2D eigenvalue weighted by atomic mass is 16.5. The van der Waals surface area contributed by atoms with Crippen molar-refractivity contribution in [3.63, 3.8) is 0 Å². The van der Waals surface area contributed by atoms with E-state index in [0.717, 1.165) is 0 Å². The molecule has 1 N–H and O–H groups in total. The molecule has 1 aromatic heterocycles. The highest BCUT2D eigenvalue weighted by Crippen LogP contribution is 2.26. The summed E-state index contributed by atoms with van der Waals surface area (Å²) < 4.78 is 5.34. The van der Waals surface area contributed by atoms with Crippen LogP contribution in [-0.4, -0.2) is 45.6 Å². The van der Waals surface area contributed by atoms with E-state index in [1.165, 1.54) is 4.90 Å². The number of amides is 1. The van der Waals surface area contributed by atoms with Gasteiger partial charge in [-0.2, -0.15) is 4.98 Å². The van der Waals surface area contributed by atoms with Gasteiger partial charge in [-0.3, -0.25) is 9.59 Å². The van der Waals surface area contributed by atoms with Crippen LogP contribution in [-0.2, 0) is 10.2 Å². The minimum Gasteiger partial charge on any atom is -0.481 e. The fourth-order valence-electron chi connectivity index (χ4n) is 2.27. The molecule has 0 spiro atoms. The van der Waals surface area contributed by atoms with E-state index in [1.54, 1.807) is 38.2 Å². The molecule has 0 bridgehead atoms. The third kappa shape index (κ3) is 4.23. The molecule has 0 radical (unpaired) electrons. The van der Waals surface area contributed by atoms with Crippen LogP contribution in [0.15, 0.2) is 28.8 Å². The lowest BCUT2D eigenvalue weighted by Crippen LogP contribution is -2.34. The minimum atomic E-state index is -0.945. The number of hydrogen-bond donors (Lipinski definition) is 1. The molecule has 0 aliphatic heterocycles. The SMILES string of the molecule is CC(CN(C)C(=O)c1ccccc1-c1nc(C(C)(C)C)no1)C(=O)O. The smallest absolute Gasteiger partial charge is 0.308 e. The van der Waals surface area contributed by atoms with Crippen LogP contribution in [0.4, 0.5) is 0 Å². The number of carbonyl (C=O) groups excluding carboxylic acids is 1. The van der Waals surface area contributed by atoms with Crippen LogP contribution in [0.5, 0.6) is 0 Å². The molecule has 0 aliphatic rings. The molecular formula is C18H23N3O4. The zero-order valence-corrected chi connectivity index (χ0v) is 15.1. The number of nitrogens with zero attached hydrogens (tertiary/aromatic N) is 3. The Morgan fingerprint density at radius 1 is 1.28 bits per heavy atom. The number of rotatable bonds is 5. The summed E-state index contributed by atoms with van der Waals surface area (Å²) in [5, 5.41) is 13.0. The van der Waals surface area contributed by atoms with Gasteiger partial charge in [0.1, 0.15) is 0 Å². The second-order valence-corrected chi connectivity index (χ2v) is 7.14. The van der Waals surface area contributed by atoms with Crippen molar-refractivity contribution in [2.45, 2.75) is 33.1 Å². The maximum Gasteiger partial charge on any atom is 0.308 e. The Kier molecular flexibility index (Phi) is 5.25. The molecular weight excluding hydrogens is 322 g/mol. The van der Waals surface area contributed by atoms with Crippen molar-refractivity contribution in [2.24, 2.45) is 5.92 Å². The van der Waals surface area contributed by atoms with Crippen molar-refractivity contribution < 1.29 is 19.2 Å². The summed E-state index contributed by atoms with van der Waals surface area (Å²) in [5.74, 6) is -1.07. The van der Waals surface area contributed by atoms with Gasteiger partial charge in [0.05, 0.1) is 17.0 Å². The molecule has 1 amide bonds. The average Bonchev–Trinajstić information content (AvgIpc) is 3.04. The third-order valence-corrected chi connectivity index (χ3v) is 3.80. The molecule has 1 unspecified atom stereocenters. The van der Waals surface area contributed by atoms with Gasteiger partial charge in [-0.25, -0.2) is 0 Å². The lowest BCUT2D eigenvalue weighted by Gasteiger charge is -2.20. The van der Waals surface area contributed by atoms with E-state index < -0.39 is 11.9 Å². The highest BCUT2D eigenvalue weighted by molar-refractivity contribution is 6.00. The van der Waals surface area contributed by atoms with Gasteiger partial charge in [0.15, 0.2) is 5.82 Å². The third-order valence-electron chi connectivity index (χ3n) is 3.80. The molecule has 1 aromatic carbocycles. The molecule has 1 atom stereocenters. The van der Waals surface area contributed by atoms with Gasteiger partial charge in [-0.15, -0.1) is 0 Å². The maximum atomic E-state index is 12.7. The molecule has 2 rings (SSSR count).